The van der Waals surface area contributed by atoms with Crippen LogP contribution >= 0.6 is 0 Å². The summed E-state index contributed by atoms with van der Waals surface area (Å²) in [6.07, 6.45) is 0. The summed E-state index contributed by atoms with van der Waals surface area (Å²) in [4.78, 5) is 13.2. The van der Waals surface area contributed by atoms with Crippen molar-refractivity contribution in [3.8, 4) is 45.8 Å². The highest BCUT2D eigenvalue weighted by molar-refractivity contribution is 5.91. The minimum atomic E-state index is -0.461. The lowest BCUT2D eigenvalue weighted by Gasteiger charge is -2.14. The van der Waals surface area contributed by atoms with Crippen LogP contribution in [0.3, 0.4) is 0 Å². The van der Waals surface area contributed by atoms with Crippen molar-refractivity contribution in [3.05, 3.63) is 34.5 Å². The molecule has 0 aliphatic rings. The molecule has 0 bridgehead atoms. The van der Waals surface area contributed by atoms with Gasteiger partial charge in [0.15, 0.2) is 22.8 Å². The van der Waals surface area contributed by atoms with Gasteiger partial charge >= 0.3 is 0 Å². The van der Waals surface area contributed by atoms with Crippen molar-refractivity contribution in [3.63, 3.8) is 0 Å². The standard InChI is InChI=1S/C19H18O8/c1-23-12-7-9(5-6-11(12)20)14-15(21)10-8-13(24-2)18(25-3)16(22)17(10)27-19(14)26-4/h5-8,20,22H,1-4H3. The van der Waals surface area contributed by atoms with Gasteiger partial charge in [-0.05, 0) is 23.8 Å². The van der Waals surface area contributed by atoms with Crippen molar-refractivity contribution in [2.24, 2.45) is 0 Å². The smallest absolute Gasteiger partial charge is 0.296 e. The molecule has 0 radical (unpaired) electrons. The number of phenols is 2. The first kappa shape index (κ1) is 18.2. The van der Waals surface area contributed by atoms with Crippen LogP contribution in [0.2, 0.25) is 0 Å². The lowest BCUT2D eigenvalue weighted by Crippen LogP contribution is -2.08. The van der Waals surface area contributed by atoms with Crippen molar-refractivity contribution in [2.45, 2.75) is 0 Å². The molecular weight excluding hydrogens is 356 g/mol. The van der Waals surface area contributed by atoms with Gasteiger partial charge in [0, 0.05) is 0 Å². The van der Waals surface area contributed by atoms with E-state index in [1.54, 1.807) is 0 Å². The molecule has 0 aliphatic carbocycles. The van der Waals surface area contributed by atoms with E-state index in [2.05, 4.69) is 0 Å². The minimum Gasteiger partial charge on any atom is -0.504 e. The van der Waals surface area contributed by atoms with E-state index >= 15 is 0 Å². The third-order valence-corrected chi connectivity index (χ3v) is 4.12. The van der Waals surface area contributed by atoms with Gasteiger partial charge in [-0.15, -0.1) is 0 Å². The van der Waals surface area contributed by atoms with Crippen molar-refractivity contribution >= 4 is 11.0 Å². The zero-order valence-corrected chi connectivity index (χ0v) is 15.2. The predicted octanol–water partition coefficient (Wildman–Crippen LogP) is 2.91. The van der Waals surface area contributed by atoms with Gasteiger partial charge < -0.3 is 33.6 Å². The first-order chi connectivity index (χ1) is 13.0. The van der Waals surface area contributed by atoms with E-state index < -0.39 is 5.43 Å². The molecule has 27 heavy (non-hydrogen) atoms. The van der Waals surface area contributed by atoms with E-state index in [4.69, 9.17) is 23.4 Å². The first-order valence-electron chi connectivity index (χ1n) is 7.82. The molecule has 0 saturated heterocycles. The normalized spacial score (nSPS) is 10.7. The third-order valence-electron chi connectivity index (χ3n) is 4.12. The molecule has 0 unspecified atom stereocenters. The summed E-state index contributed by atoms with van der Waals surface area (Å²) >= 11 is 0. The monoisotopic (exact) mass is 374 g/mol. The van der Waals surface area contributed by atoms with E-state index in [-0.39, 0.29) is 51.2 Å². The second-order valence-electron chi connectivity index (χ2n) is 5.52. The highest BCUT2D eigenvalue weighted by Gasteiger charge is 2.24. The van der Waals surface area contributed by atoms with Gasteiger partial charge in [-0.1, -0.05) is 6.07 Å². The summed E-state index contributed by atoms with van der Waals surface area (Å²) in [6, 6.07) is 5.82. The molecule has 2 aromatic carbocycles. The third kappa shape index (κ3) is 2.84. The Bertz CT molecular complexity index is 1070. The number of hydrogen-bond acceptors (Lipinski definition) is 8. The summed E-state index contributed by atoms with van der Waals surface area (Å²) in [5.74, 6) is -0.165. The molecule has 0 amide bonds. The predicted molar refractivity (Wildman–Crippen MR) is 97.5 cm³/mol. The molecule has 0 spiro atoms. The topological polar surface area (TPSA) is 108 Å². The van der Waals surface area contributed by atoms with Gasteiger partial charge in [0.05, 0.1) is 33.8 Å². The molecule has 142 valence electrons. The Balaban J connectivity index is 2.41. The van der Waals surface area contributed by atoms with Crippen LogP contribution in [0.25, 0.3) is 22.1 Å². The van der Waals surface area contributed by atoms with Crippen molar-refractivity contribution < 1.29 is 33.6 Å². The largest absolute Gasteiger partial charge is 0.504 e. The molecule has 3 aromatic rings. The molecule has 0 atom stereocenters. The molecule has 0 fully saturated rings. The van der Waals surface area contributed by atoms with Gasteiger partial charge in [0.25, 0.3) is 5.95 Å². The maximum absolute atomic E-state index is 13.2. The fourth-order valence-corrected chi connectivity index (χ4v) is 2.83. The van der Waals surface area contributed by atoms with Crippen molar-refractivity contribution in [1.82, 2.24) is 0 Å². The Hall–Kier alpha value is -3.55. The maximum atomic E-state index is 13.2. The van der Waals surface area contributed by atoms with Gasteiger partial charge in [-0.2, -0.15) is 0 Å². The number of ether oxygens (including phenoxy) is 4. The van der Waals surface area contributed by atoms with Crippen LogP contribution in [0.4, 0.5) is 0 Å². The zero-order chi connectivity index (χ0) is 19.7. The zero-order valence-electron chi connectivity index (χ0n) is 15.2. The van der Waals surface area contributed by atoms with E-state index in [9.17, 15) is 15.0 Å². The lowest BCUT2D eigenvalue weighted by atomic mass is 10.0. The molecule has 2 N–H and O–H groups in total. The summed E-state index contributed by atoms with van der Waals surface area (Å²) < 4.78 is 26.3. The van der Waals surface area contributed by atoms with Crippen LogP contribution in [0, 0.1) is 0 Å². The van der Waals surface area contributed by atoms with Crippen LogP contribution in [0.1, 0.15) is 0 Å². The Morgan fingerprint density at radius 1 is 0.889 bits per heavy atom. The second kappa shape index (κ2) is 6.99. The maximum Gasteiger partial charge on any atom is 0.296 e. The van der Waals surface area contributed by atoms with Crippen molar-refractivity contribution in [1.29, 1.82) is 0 Å². The number of rotatable bonds is 5. The van der Waals surface area contributed by atoms with E-state index in [0.29, 0.717) is 5.56 Å². The molecule has 0 saturated carbocycles. The van der Waals surface area contributed by atoms with Crippen LogP contribution < -0.4 is 24.4 Å². The highest BCUT2D eigenvalue weighted by Crippen LogP contribution is 2.44. The highest BCUT2D eigenvalue weighted by atomic mass is 16.6. The summed E-state index contributed by atoms with van der Waals surface area (Å²) in [5, 5.41) is 20.3. The lowest BCUT2D eigenvalue weighted by molar-refractivity contribution is 0.303. The fourth-order valence-electron chi connectivity index (χ4n) is 2.83. The Labute approximate surface area is 154 Å². The Kier molecular flexibility index (Phi) is 4.72. The van der Waals surface area contributed by atoms with Crippen LogP contribution in [0.15, 0.2) is 33.5 Å². The molecule has 1 heterocycles. The second-order valence-corrected chi connectivity index (χ2v) is 5.52. The number of methoxy groups -OCH3 is 4. The van der Waals surface area contributed by atoms with E-state index in [1.807, 2.05) is 0 Å². The number of fused-ring (bicyclic) bond motifs is 1. The number of hydrogen-bond donors (Lipinski definition) is 2. The van der Waals surface area contributed by atoms with Gasteiger partial charge in [0.1, 0.15) is 5.56 Å². The molecule has 8 nitrogen and oxygen atoms in total. The number of aromatic hydroxyl groups is 2. The van der Waals surface area contributed by atoms with Gasteiger partial charge in [0.2, 0.25) is 16.9 Å². The molecular formula is C19H18O8. The van der Waals surface area contributed by atoms with Crippen LogP contribution in [-0.4, -0.2) is 38.7 Å². The van der Waals surface area contributed by atoms with Crippen molar-refractivity contribution in [2.75, 3.05) is 28.4 Å². The number of benzene rings is 2. The van der Waals surface area contributed by atoms with E-state index in [1.165, 1.54) is 52.7 Å². The summed E-state index contributed by atoms with van der Waals surface area (Å²) in [6.45, 7) is 0. The molecule has 0 aliphatic heterocycles. The van der Waals surface area contributed by atoms with Gasteiger partial charge in [-0.25, -0.2) is 0 Å². The quantitative estimate of drug-likeness (QED) is 0.702. The first-order valence-corrected chi connectivity index (χ1v) is 7.82. The molecule has 1 aromatic heterocycles. The minimum absolute atomic E-state index is 0.0363. The average Bonchev–Trinajstić information content (AvgIpc) is 2.68. The van der Waals surface area contributed by atoms with Crippen LogP contribution in [-0.2, 0) is 0 Å². The molecule has 3 rings (SSSR count). The molecule has 8 heteroatoms. The average molecular weight is 374 g/mol. The summed E-state index contributed by atoms with van der Waals surface area (Å²) in [5.41, 5.74) is -0.0394. The van der Waals surface area contributed by atoms with Crippen LogP contribution in [0.5, 0.6) is 34.7 Å². The fraction of sp³-hybridized carbons (Fsp3) is 0.211. The SMILES string of the molecule is COc1cc(-c2c(OC)oc3c(O)c(OC)c(OC)cc3c2=O)ccc1O. The van der Waals surface area contributed by atoms with E-state index in [0.717, 1.165) is 0 Å². The van der Waals surface area contributed by atoms with Gasteiger partial charge in [-0.3, -0.25) is 4.79 Å². The number of phenolic OH excluding ortho intramolecular Hbond substituents is 2. The summed E-state index contributed by atoms with van der Waals surface area (Å²) in [7, 11) is 5.48. The Morgan fingerprint density at radius 2 is 1.59 bits per heavy atom. The Morgan fingerprint density at radius 3 is 2.19 bits per heavy atom.